The fourth-order valence-electron chi connectivity index (χ4n) is 2.48. The number of nitrogens with zero attached hydrogens (tertiary/aromatic N) is 1. The van der Waals surface area contributed by atoms with Crippen molar-refractivity contribution < 1.29 is 5.11 Å². The minimum absolute atomic E-state index is 0.243. The molecule has 1 atom stereocenters. The van der Waals surface area contributed by atoms with Gasteiger partial charge in [0.25, 0.3) is 0 Å². The Kier molecular flexibility index (Phi) is 6.11. The van der Waals surface area contributed by atoms with Gasteiger partial charge in [-0.05, 0) is 59.9 Å². The van der Waals surface area contributed by atoms with Gasteiger partial charge < -0.3 is 10.4 Å². The van der Waals surface area contributed by atoms with Crippen LogP contribution in [0.5, 0.6) is 0 Å². The fraction of sp³-hybridized carbons (Fsp3) is 0.692. The number of rotatable bonds is 6. The molecule has 1 aromatic rings. The molecule has 0 amide bonds. The van der Waals surface area contributed by atoms with E-state index in [-0.39, 0.29) is 6.61 Å². The van der Waals surface area contributed by atoms with Crippen LogP contribution in [0.15, 0.2) is 15.9 Å². The molecule has 2 rings (SSSR count). The molecular formula is C13H21BrN2OS. The molecule has 0 aromatic carbocycles. The van der Waals surface area contributed by atoms with Gasteiger partial charge in [0.1, 0.15) is 0 Å². The van der Waals surface area contributed by atoms with Crippen molar-refractivity contribution in [2.45, 2.75) is 19.4 Å². The molecule has 1 aliphatic rings. The molecule has 2 N–H and O–H groups in total. The van der Waals surface area contributed by atoms with Crippen LogP contribution in [0, 0.1) is 5.92 Å². The largest absolute Gasteiger partial charge is 0.395 e. The molecule has 0 spiro atoms. The first-order chi connectivity index (χ1) is 8.78. The molecule has 1 aromatic heterocycles. The Hall–Kier alpha value is 0.0600. The maximum atomic E-state index is 9.19. The summed E-state index contributed by atoms with van der Waals surface area (Å²) in [6.07, 6.45) is 2.59. The first-order valence-electron chi connectivity index (χ1n) is 6.56. The van der Waals surface area contributed by atoms with Gasteiger partial charge in [0.15, 0.2) is 0 Å². The number of thiophene rings is 1. The molecule has 0 radical (unpaired) electrons. The lowest BCUT2D eigenvalue weighted by Gasteiger charge is -2.29. The number of piperidine rings is 1. The average molecular weight is 333 g/mol. The Bertz CT molecular complexity index is 353. The first-order valence-corrected chi connectivity index (χ1v) is 8.17. The van der Waals surface area contributed by atoms with Crippen LogP contribution in [0.4, 0.5) is 0 Å². The Balaban J connectivity index is 1.86. The van der Waals surface area contributed by atoms with Crippen LogP contribution < -0.4 is 5.32 Å². The zero-order chi connectivity index (χ0) is 12.8. The normalized spacial score (nSPS) is 20.5. The third kappa shape index (κ3) is 4.63. The number of nitrogens with one attached hydrogen (secondary N) is 1. The van der Waals surface area contributed by atoms with Gasteiger partial charge in [-0.1, -0.05) is 0 Å². The van der Waals surface area contributed by atoms with Gasteiger partial charge in [-0.2, -0.15) is 0 Å². The number of hydrogen-bond acceptors (Lipinski definition) is 4. The number of aliphatic hydroxyl groups is 1. The molecule has 0 saturated carbocycles. The molecule has 5 heteroatoms. The van der Waals surface area contributed by atoms with Gasteiger partial charge >= 0.3 is 0 Å². The number of halogens is 1. The predicted molar refractivity (Wildman–Crippen MR) is 80.0 cm³/mol. The fourth-order valence-corrected chi connectivity index (χ4v) is 4.00. The highest BCUT2D eigenvalue weighted by Gasteiger charge is 2.17. The molecule has 18 heavy (non-hydrogen) atoms. The summed E-state index contributed by atoms with van der Waals surface area (Å²) >= 11 is 5.28. The van der Waals surface area contributed by atoms with Gasteiger partial charge in [0, 0.05) is 24.5 Å². The summed E-state index contributed by atoms with van der Waals surface area (Å²) in [5.74, 6) is 0.730. The van der Waals surface area contributed by atoms with Crippen molar-refractivity contribution in [1.82, 2.24) is 10.2 Å². The standard InChI is InChI=1S/C13H21BrN2OS/c14-13-4-3-12(18-13)10-16(6-7-17)9-11-2-1-5-15-8-11/h3-4,11,15,17H,1-2,5-10H2. The van der Waals surface area contributed by atoms with E-state index in [1.807, 2.05) is 0 Å². The summed E-state index contributed by atoms with van der Waals surface area (Å²) in [7, 11) is 0. The van der Waals surface area contributed by atoms with Crippen molar-refractivity contribution in [3.63, 3.8) is 0 Å². The molecule has 1 aliphatic heterocycles. The minimum atomic E-state index is 0.243. The van der Waals surface area contributed by atoms with E-state index in [4.69, 9.17) is 0 Å². The molecule has 0 bridgehead atoms. The van der Waals surface area contributed by atoms with Crippen molar-refractivity contribution in [2.75, 3.05) is 32.8 Å². The van der Waals surface area contributed by atoms with E-state index < -0.39 is 0 Å². The van der Waals surface area contributed by atoms with Crippen LogP contribution in [0.1, 0.15) is 17.7 Å². The lowest BCUT2D eigenvalue weighted by Crippen LogP contribution is -2.39. The third-order valence-electron chi connectivity index (χ3n) is 3.34. The van der Waals surface area contributed by atoms with Gasteiger partial charge in [0.2, 0.25) is 0 Å². The van der Waals surface area contributed by atoms with E-state index in [0.29, 0.717) is 0 Å². The smallest absolute Gasteiger partial charge is 0.0701 e. The van der Waals surface area contributed by atoms with Gasteiger partial charge in [-0.25, -0.2) is 0 Å². The van der Waals surface area contributed by atoms with E-state index in [1.165, 1.54) is 21.5 Å². The average Bonchev–Trinajstić information content (AvgIpc) is 2.76. The van der Waals surface area contributed by atoms with Crippen LogP contribution >= 0.6 is 27.3 Å². The number of aliphatic hydroxyl groups excluding tert-OH is 1. The second-order valence-electron chi connectivity index (χ2n) is 4.88. The topological polar surface area (TPSA) is 35.5 Å². The highest BCUT2D eigenvalue weighted by molar-refractivity contribution is 9.11. The van der Waals surface area contributed by atoms with Crippen molar-refractivity contribution in [3.05, 3.63) is 20.8 Å². The van der Waals surface area contributed by atoms with Crippen molar-refractivity contribution in [2.24, 2.45) is 5.92 Å². The van der Waals surface area contributed by atoms with Gasteiger partial charge in [-0.15, -0.1) is 11.3 Å². The van der Waals surface area contributed by atoms with E-state index in [0.717, 1.165) is 38.6 Å². The first kappa shape index (κ1) is 14.5. The molecule has 1 fully saturated rings. The van der Waals surface area contributed by atoms with Crippen LogP contribution in [0.25, 0.3) is 0 Å². The summed E-state index contributed by atoms with van der Waals surface area (Å²) in [6.45, 7) is 5.33. The zero-order valence-electron chi connectivity index (χ0n) is 10.6. The Morgan fingerprint density at radius 2 is 2.39 bits per heavy atom. The summed E-state index contributed by atoms with van der Waals surface area (Å²) in [6, 6.07) is 4.26. The van der Waals surface area contributed by atoms with Crippen LogP contribution in [0.3, 0.4) is 0 Å². The van der Waals surface area contributed by atoms with Crippen LogP contribution in [-0.2, 0) is 6.54 Å². The number of hydrogen-bond donors (Lipinski definition) is 2. The Morgan fingerprint density at radius 1 is 1.50 bits per heavy atom. The van der Waals surface area contributed by atoms with Gasteiger partial charge in [-0.3, -0.25) is 4.90 Å². The highest BCUT2D eigenvalue weighted by atomic mass is 79.9. The second-order valence-corrected chi connectivity index (χ2v) is 7.42. The van der Waals surface area contributed by atoms with Crippen LogP contribution in [0.2, 0.25) is 0 Å². The van der Waals surface area contributed by atoms with Gasteiger partial charge in [0.05, 0.1) is 10.4 Å². The molecular weight excluding hydrogens is 312 g/mol. The molecule has 0 aliphatic carbocycles. The minimum Gasteiger partial charge on any atom is -0.395 e. The third-order valence-corrected chi connectivity index (χ3v) is 4.95. The molecule has 2 heterocycles. The highest BCUT2D eigenvalue weighted by Crippen LogP contribution is 2.24. The molecule has 3 nitrogen and oxygen atoms in total. The summed E-state index contributed by atoms with van der Waals surface area (Å²) in [5, 5.41) is 12.6. The maximum Gasteiger partial charge on any atom is 0.0701 e. The SMILES string of the molecule is OCCN(Cc1ccc(Br)s1)CC1CCCNC1. The molecule has 1 unspecified atom stereocenters. The van der Waals surface area contributed by atoms with Crippen LogP contribution in [-0.4, -0.2) is 42.8 Å². The maximum absolute atomic E-state index is 9.19. The van der Waals surface area contributed by atoms with E-state index in [2.05, 4.69) is 38.3 Å². The van der Waals surface area contributed by atoms with E-state index in [1.54, 1.807) is 11.3 Å². The lowest BCUT2D eigenvalue weighted by molar-refractivity contribution is 0.160. The van der Waals surface area contributed by atoms with E-state index in [9.17, 15) is 5.11 Å². The summed E-state index contributed by atoms with van der Waals surface area (Å²) in [4.78, 5) is 3.73. The van der Waals surface area contributed by atoms with Crippen molar-refractivity contribution in [1.29, 1.82) is 0 Å². The summed E-state index contributed by atoms with van der Waals surface area (Å²) in [5.41, 5.74) is 0. The zero-order valence-corrected chi connectivity index (χ0v) is 13.0. The molecule has 102 valence electrons. The summed E-state index contributed by atoms with van der Waals surface area (Å²) < 4.78 is 1.18. The monoisotopic (exact) mass is 332 g/mol. The predicted octanol–water partition coefficient (Wildman–Crippen LogP) is 2.30. The quantitative estimate of drug-likeness (QED) is 0.839. The van der Waals surface area contributed by atoms with Crippen molar-refractivity contribution in [3.8, 4) is 0 Å². The Morgan fingerprint density at radius 3 is 3.00 bits per heavy atom. The molecule has 1 saturated heterocycles. The lowest BCUT2D eigenvalue weighted by atomic mass is 9.99. The second kappa shape index (κ2) is 7.60. The van der Waals surface area contributed by atoms with E-state index >= 15 is 0 Å². The Labute approximate surface area is 121 Å². The van der Waals surface area contributed by atoms with Crippen molar-refractivity contribution >= 4 is 27.3 Å².